The fraction of sp³-hybridized carbons (Fsp3) is 0.353. The predicted molar refractivity (Wildman–Crippen MR) is 95.9 cm³/mol. The highest BCUT2D eigenvalue weighted by Crippen LogP contribution is 2.25. The van der Waals surface area contributed by atoms with E-state index in [2.05, 4.69) is 5.32 Å². The zero-order chi connectivity index (χ0) is 18.7. The second-order valence-electron chi connectivity index (χ2n) is 5.84. The van der Waals surface area contributed by atoms with Gasteiger partial charge in [0, 0.05) is 26.3 Å². The summed E-state index contributed by atoms with van der Waals surface area (Å²) in [5.41, 5.74) is 0.751. The molecule has 2 heterocycles. The molecule has 140 valence electrons. The van der Waals surface area contributed by atoms with Gasteiger partial charge in [-0.3, -0.25) is 4.79 Å². The third kappa shape index (κ3) is 3.59. The summed E-state index contributed by atoms with van der Waals surface area (Å²) in [5, 5.41) is 2.75. The van der Waals surface area contributed by atoms with Gasteiger partial charge in [0.2, 0.25) is 10.0 Å². The first kappa shape index (κ1) is 18.4. The lowest BCUT2D eigenvalue weighted by Crippen LogP contribution is -2.40. The normalized spacial score (nSPS) is 15.6. The van der Waals surface area contributed by atoms with Crippen molar-refractivity contribution in [3.05, 3.63) is 42.2 Å². The van der Waals surface area contributed by atoms with Gasteiger partial charge in [0.15, 0.2) is 0 Å². The summed E-state index contributed by atoms with van der Waals surface area (Å²) in [4.78, 5) is 12.7. The number of methoxy groups -OCH3 is 1. The van der Waals surface area contributed by atoms with Crippen molar-refractivity contribution < 1.29 is 22.7 Å². The number of amides is 1. The molecule has 0 unspecified atom stereocenters. The second kappa shape index (κ2) is 7.48. The molecule has 0 saturated carbocycles. The molecule has 26 heavy (non-hydrogen) atoms. The molecule has 1 aliphatic rings. The van der Waals surface area contributed by atoms with Crippen LogP contribution in [0.15, 0.2) is 41.4 Å². The highest BCUT2D eigenvalue weighted by atomic mass is 32.2. The van der Waals surface area contributed by atoms with Gasteiger partial charge >= 0.3 is 0 Å². The highest BCUT2D eigenvalue weighted by Gasteiger charge is 2.28. The predicted octanol–water partition coefficient (Wildman–Crippen LogP) is 1.31. The molecule has 0 spiro atoms. The molecule has 0 bridgehead atoms. The lowest BCUT2D eigenvalue weighted by molar-refractivity contribution is 0.0730. The van der Waals surface area contributed by atoms with Crippen molar-refractivity contribution in [2.24, 2.45) is 7.05 Å². The molecule has 8 nitrogen and oxygen atoms in total. The first-order valence-electron chi connectivity index (χ1n) is 8.12. The molecule has 1 N–H and O–H groups in total. The molecule has 1 aromatic carbocycles. The number of sulfonamides is 1. The van der Waals surface area contributed by atoms with Crippen molar-refractivity contribution in [1.29, 1.82) is 0 Å². The number of ether oxygens (including phenoxy) is 2. The minimum absolute atomic E-state index is 0.0899. The number of aromatic nitrogens is 1. The van der Waals surface area contributed by atoms with Crippen LogP contribution in [0.5, 0.6) is 5.75 Å². The molecule has 9 heteroatoms. The Morgan fingerprint density at radius 3 is 2.62 bits per heavy atom. The minimum atomic E-state index is -3.66. The van der Waals surface area contributed by atoms with Gasteiger partial charge in [-0.05, 0) is 18.2 Å². The zero-order valence-electron chi connectivity index (χ0n) is 14.6. The number of carbonyl (C=O) groups is 1. The summed E-state index contributed by atoms with van der Waals surface area (Å²) in [6.45, 7) is 1.35. The van der Waals surface area contributed by atoms with Crippen LogP contribution < -0.4 is 10.1 Å². The van der Waals surface area contributed by atoms with Gasteiger partial charge in [0.25, 0.3) is 5.91 Å². The third-order valence-electron chi connectivity index (χ3n) is 4.18. The molecular formula is C17H21N3O5S. The van der Waals surface area contributed by atoms with Gasteiger partial charge in [-0.2, -0.15) is 4.31 Å². The molecule has 1 fully saturated rings. The first-order chi connectivity index (χ1) is 12.4. The van der Waals surface area contributed by atoms with Crippen LogP contribution in [0.1, 0.15) is 10.5 Å². The number of rotatable bonds is 5. The van der Waals surface area contributed by atoms with Crippen molar-refractivity contribution in [2.75, 3.05) is 38.7 Å². The van der Waals surface area contributed by atoms with Gasteiger partial charge in [-0.15, -0.1) is 0 Å². The first-order valence-corrected chi connectivity index (χ1v) is 9.56. The number of para-hydroxylation sites is 2. The quantitative estimate of drug-likeness (QED) is 0.846. The van der Waals surface area contributed by atoms with E-state index in [0.29, 0.717) is 37.7 Å². The molecule has 1 aliphatic heterocycles. The molecule has 1 aromatic heterocycles. The Morgan fingerprint density at radius 2 is 1.92 bits per heavy atom. The van der Waals surface area contributed by atoms with Crippen LogP contribution in [0.3, 0.4) is 0 Å². The fourth-order valence-electron chi connectivity index (χ4n) is 2.77. The lowest BCUT2D eigenvalue weighted by atomic mass is 10.3. The molecule has 0 atom stereocenters. The summed E-state index contributed by atoms with van der Waals surface area (Å²) < 4.78 is 38.8. The number of morpholine rings is 1. The number of carbonyl (C=O) groups excluding carboxylic acids is 1. The summed E-state index contributed by atoms with van der Waals surface area (Å²) in [6, 6.07) is 8.40. The molecular weight excluding hydrogens is 358 g/mol. The Balaban J connectivity index is 1.84. The summed E-state index contributed by atoms with van der Waals surface area (Å²) in [7, 11) is -0.506. The van der Waals surface area contributed by atoms with Crippen molar-refractivity contribution >= 4 is 21.6 Å². The van der Waals surface area contributed by atoms with Crippen LogP contribution in [0.2, 0.25) is 0 Å². The van der Waals surface area contributed by atoms with Crippen LogP contribution in [0.4, 0.5) is 5.69 Å². The molecule has 1 saturated heterocycles. The molecule has 2 aromatic rings. The summed E-state index contributed by atoms with van der Waals surface area (Å²) in [5.74, 6) is 0.108. The van der Waals surface area contributed by atoms with Crippen LogP contribution in [0.25, 0.3) is 0 Å². The van der Waals surface area contributed by atoms with Crippen molar-refractivity contribution in [3.8, 4) is 5.75 Å². The summed E-state index contributed by atoms with van der Waals surface area (Å²) >= 11 is 0. The molecule has 0 aliphatic carbocycles. The number of nitrogens with zero attached hydrogens (tertiary/aromatic N) is 2. The van der Waals surface area contributed by atoms with Gasteiger partial charge in [0.1, 0.15) is 16.3 Å². The van der Waals surface area contributed by atoms with E-state index in [9.17, 15) is 13.2 Å². The van der Waals surface area contributed by atoms with Crippen LogP contribution in [0, 0.1) is 0 Å². The van der Waals surface area contributed by atoms with Crippen LogP contribution in [-0.2, 0) is 21.8 Å². The Bertz CT molecular complexity index is 901. The Morgan fingerprint density at radius 1 is 1.23 bits per heavy atom. The number of benzene rings is 1. The number of aryl methyl sites for hydroxylation is 1. The number of nitrogens with one attached hydrogen (secondary N) is 1. The smallest absolute Gasteiger partial charge is 0.272 e. The second-order valence-corrected chi connectivity index (χ2v) is 7.78. The van der Waals surface area contributed by atoms with Gasteiger partial charge in [-0.1, -0.05) is 12.1 Å². The average molecular weight is 379 g/mol. The fourth-order valence-corrected chi connectivity index (χ4v) is 4.25. The molecule has 0 radical (unpaired) electrons. The van der Waals surface area contributed by atoms with E-state index in [1.54, 1.807) is 31.3 Å². The Hall–Kier alpha value is -2.36. The average Bonchev–Trinajstić information content (AvgIpc) is 3.05. The van der Waals surface area contributed by atoms with Crippen LogP contribution >= 0.6 is 0 Å². The highest BCUT2D eigenvalue weighted by molar-refractivity contribution is 7.89. The van der Waals surface area contributed by atoms with Crippen molar-refractivity contribution in [2.45, 2.75) is 4.90 Å². The van der Waals surface area contributed by atoms with Crippen LogP contribution in [-0.4, -0.2) is 56.6 Å². The molecule has 1 amide bonds. The third-order valence-corrected chi connectivity index (χ3v) is 6.04. The maximum atomic E-state index is 12.7. The number of anilines is 1. The molecule has 3 rings (SSSR count). The number of hydrogen-bond acceptors (Lipinski definition) is 5. The van der Waals surface area contributed by atoms with Gasteiger partial charge in [0.05, 0.1) is 26.0 Å². The van der Waals surface area contributed by atoms with E-state index in [0.717, 1.165) is 0 Å². The van der Waals surface area contributed by atoms with E-state index in [4.69, 9.17) is 9.47 Å². The Kier molecular flexibility index (Phi) is 5.30. The van der Waals surface area contributed by atoms with Gasteiger partial charge < -0.3 is 19.4 Å². The standard InChI is InChI=1S/C17H21N3O5S/c1-19-12-13(26(22,23)20-7-9-25-10-8-20)11-15(19)17(21)18-14-5-3-4-6-16(14)24-2/h3-6,11-12H,7-10H2,1-2H3,(H,18,21). The van der Waals surface area contributed by atoms with E-state index >= 15 is 0 Å². The zero-order valence-corrected chi connectivity index (χ0v) is 15.5. The van der Waals surface area contributed by atoms with E-state index in [-0.39, 0.29) is 10.6 Å². The van der Waals surface area contributed by atoms with E-state index in [1.807, 2.05) is 0 Å². The maximum Gasteiger partial charge on any atom is 0.272 e. The lowest BCUT2D eigenvalue weighted by Gasteiger charge is -2.25. The van der Waals surface area contributed by atoms with Gasteiger partial charge in [-0.25, -0.2) is 8.42 Å². The summed E-state index contributed by atoms with van der Waals surface area (Å²) in [6.07, 6.45) is 1.45. The topological polar surface area (TPSA) is 89.9 Å². The number of hydrogen-bond donors (Lipinski definition) is 1. The van der Waals surface area contributed by atoms with Crippen molar-refractivity contribution in [1.82, 2.24) is 8.87 Å². The van der Waals surface area contributed by atoms with E-state index in [1.165, 1.54) is 28.2 Å². The van der Waals surface area contributed by atoms with Crippen molar-refractivity contribution in [3.63, 3.8) is 0 Å². The SMILES string of the molecule is COc1ccccc1NC(=O)c1cc(S(=O)(=O)N2CCOCC2)cn1C. The Labute approximate surface area is 152 Å². The maximum absolute atomic E-state index is 12.7. The monoisotopic (exact) mass is 379 g/mol. The minimum Gasteiger partial charge on any atom is -0.495 e. The largest absolute Gasteiger partial charge is 0.495 e. The van der Waals surface area contributed by atoms with E-state index < -0.39 is 15.9 Å².